The minimum atomic E-state index is -0.551. The van der Waals surface area contributed by atoms with Crippen molar-refractivity contribution in [3.63, 3.8) is 0 Å². The van der Waals surface area contributed by atoms with E-state index in [1.165, 1.54) is 0 Å². The molecule has 2 aromatic carbocycles. The largest absolute Gasteiger partial charge is 0.495 e. The number of hydrogen-bond donors (Lipinski definition) is 1. The molecule has 1 saturated heterocycles. The van der Waals surface area contributed by atoms with E-state index in [1.54, 1.807) is 42.3 Å². The highest BCUT2D eigenvalue weighted by atomic mass is 35.5. The van der Waals surface area contributed by atoms with E-state index >= 15 is 0 Å². The molecule has 5 nitrogen and oxygen atoms in total. The second kappa shape index (κ2) is 7.98. The number of amides is 2. The summed E-state index contributed by atoms with van der Waals surface area (Å²) in [5.74, 6) is 0.0684. The number of ether oxygens (including phenoxy) is 1. The number of rotatable bonds is 4. The van der Waals surface area contributed by atoms with E-state index in [-0.39, 0.29) is 11.8 Å². The number of para-hydroxylation sites is 2. The van der Waals surface area contributed by atoms with Crippen LogP contribution in [0.1, 0.15) is 23.2 Å². The van der Waals surface area contributed by atoms with E-state index in [4.69, 9.17) is 27.9 Å². The maximum absolute atomic E-state index is 12.8. The normalized spacial score (nSPS) is 16.4. The lowest BCUT2D eigenvalue weighted by molar-refractivity contribution is -0.119. The molecule has 2 aromatic rings. The van der Waals surface area contributed by atoms with E-state index in [0.29, 0.717) is 40.0 Å². The van der Waals surface area contributed by atoms with Crippen molar-refractivity contribution in [2.45, 2.75) is 18.9 Å². The molecule has 1 atom stereocenters. The molecular weight excluding hydrogens is 375 g/mol. The molecule has 0 saturated carbocycles. The molecule has 0 radical (unpaired) electrons. The van der Waals surface area contributed by atoms with E-state index in [2.05, 4.69) is 5.32 Å². The summed E-state index contributed by atoms with van der Waals surface area (Å²) < 4.78 is 5.25. The Morgan fingerprint density at radius 3 is 2.54 bits per heavy atom. The van der Waals surface area contributed by atoms with Crippen molar-refractivity contribution in [1.82, 2.24) is 4.90 Å². The summed E-state index contributed by atoms with van der Waals surface area (Å²) in [4.78, 5) is 27.2. The molecule has 7 heteroatoms. The highest BCUT2D eigenvalue weighted by Gasteiger charge is 2.35. The van der Waals surface area contributed by atoms with Crippen LogP contribution in [0.2, 0.25) is 10.0 Å². The van der Waals surface area contributed by atoms with Gasteiger partial charge in [0.2, 0.25) is 5.91 Å². The van der Waals surface area contributed by atoms with Crippen molar-refractivity contribution in [3.05, 3.63) is 58.1 Å². The van der Waals surface area contributed by atoms with Crippen molar-refractivity contribution in [2.75, 3.05) is 19.0 Å². The summed E-state index contributed by atoms with van der Waals surface area (Å²) in [5, 5.41) is 3.62. The number of anilines is 1. The van der Waals surface area contributed by atoms with Gasteiger partial charge in [0.15, 0.2) is 0 Å². The Hall–Kier alpha value is -2.24. The Morgan fingerprint density at radius 2 is 1.85 bits per heavy atom. The molecule has 1 aliphatic heterocycles. The molecule has 3 rings (SSSR count). The molecule has 1 heterocycles. The van der Waals surface area contributed by atoms with Gasteiger partial charge >= 0.3 is 0 Å². The maximum atomic E-state index is 12.8. The monoisotopic (exact) mass is 392 g/mol. The van der Waals surface area contributed by atoms with Crippen LogP contribution in [0.5, 0.6) is 5.75 Å². The molecule has 26 heavy (non-hydrogen) atoms. The number of likely N-dealkylation sites (tertiary alicyclic amines) is 1. The number of methoxy groups -OCH3 is 1. The average Bonchev–Trinajstić information content (AvgIpc) is 3.10. The van der Waals surface area contributed by atoms with E-state index < -0.39 is 6.04 Å². The van der Waals surface area contributed by atoms with E-state index in [1.807, 2.05) is 12.1 Å². The van der Waals surface area contributed by atoms with Crippen LogP contribution in [-0.2, 0) is 4.79 Å². The molecule has 0 aliphatic carbocycles. The van der Waals surface area contributed by atoms with Crippen LogP contribution in [0.3, 0.4) is 0 Å². The average molecular weight is 393 g/mol. The SMILES string of the molecule is COc1ccccc1NC(=O)C1CCCN1C(=O)c1cc(Cl)cc(Cl)c1. The summed E-state index contributed by atoms with van der Waals surface area (Å²) in [6.45, 7) is 0.507. The minimum Gasteiger partial charge on any atom is -0.495 e. The maximum Gasteiger partial charge on any atom is 0.254 e. The second-order valence-corrected chi connectivity index (χ2v) is 6.88. The Labute approximate surface area is 161 Å². The number of halogens is 2. The van der Waals surface area contributed by atoms with Gasteiger partial charge in [-0.25, -0.2) is 0 Å². The van der Waals surface area contributed by atoms with Crippen molar-refractivity contribution in [3.8, 4) is 5.75 Å². The van der Waals surface area contributed by atoms with Gasteiger partial charge in [0.25, 0.3) is 5.91 Å². The van der Waals surface area contributed by atoms with Crippen LogP contribution in [0.4, 0.5) is 5.69 Å². The summed E-state index contributed by atoms with van der Waals surface area (Å²) in [5.41, 5.74) is 0.949. The highest BCUT2D eigenvalue weighted by molar-refractivity contribution is 6.35. The fraction of sp³-hybridized carbons (Fsp3) is 0.263. The zero-order valence-corrected chi connectivity index (χ0v) is 15.7. The molecular formula is C19H18Cl2N2O3. The lowest BCUT2D eigenvalue weighted by Gasteiger charge is -2.24. The zero-order chi connectivity index (χ0) is 18.7. The van der Waals surface area contributed by atoms with Gasteiger partial charge in [-0.05, 0) is 43.2 Å². The van der Waals surface area contributed by atoms with Crippen molar-refractivity contribution in [2.24, 2.45) is 0 Å². The topological polar surface area (TPSA) is 58.6 Å². The first-order valence-corrected chi connectivity index (χ1v) is 8.96. The first-order valence-electron chi connectivity index (χ1n) is 8.20. The molecule has 2 amide bonds. The van der Waals surface area contributed by atoms with Crippen LogP contribution < -0.4 is 10.1 Å². The Balaban J connectivity index is 1.79. The van der Waals surface area contributed by atoms with Crippen LogP contribution >= 0.6 is 23.2 Å². The number of carbonyl (C=O) groups excluding carboxylic acids is 2. The number of benzene rings is 2. The summed E-state index contributed by atoms with van der Waals surface area (Å²) in [6, 6.07) is 11.3. The number of nitrogens with one attached hydrogen (secondary N) is 1. The van der Waals surface area contributed by atoms with Crippen molar-refractivity contribution >= 4 is 40.7 Å². The van der Waals surface area contributed by atoms with Crippen LogP contribution in [0.25, 0.3) is 0 Å². The third kappa shape index (κ3) is 3.94. The van der Waals surface area contributed by atoms with Gasteiger partial charge in [-0.3, -0.25) is 9.59 Å². The summed E-state index contributed by atoms with van der Waals surface area (Å²) in [7, 11) is 1.54. The molecule has 1 fully saturated rings. The molecule has 1 aliphatic rings. The Kier molecular flexibility index (Phi) is 5.69. The lowest BCUT2D eigenvalue weighted by Crippen LogP contribution is -2.43. The second-order valence-electron chi connectivity index (χ2n) is 6.00. The molecule has 136 valence electrons. The van der Waals surface area contributed by atoms with Gasteiger partial charge in [0.1, 0.15) is 11.8 Å². The first kappa shape index (κ1) is 18.5. The quantitative estimate of drug-likeness (QED) is 0.845. The van der Waals surface area contributed by atoms with Crippen LogP contribution in [0.15, 0.2) is 42.5 Å². The van der Waals surface area contributed by atoms with Gasteiger partial charge in [-0.2, -0.15) is 0 Å². The van der Waals surface area contributed by atoms with Gasteiger partial charge in [-0.1, -0.05) is 35.3 Å². The van der Waals surface area contributed by atoms with E-state index in [9.17, 15) is 9.59 Å². The molecule has 0 bridgehead atoms. The lowest BCUT2D eigenvalue weighted by atomic mass is 10.1. The fourth-order valence-corrected chi connectivity index (χ4v) is 3.62. The number of hydrogen-bond acceptors (Lipinski definition) is 3. The van der Waals surface area contributed by atoms with Crippen LogP contribution in [0, 0.1) is 0 Å². The fourth-order valence-electron chi connectivity index (χ4n) is 3.09. The van der Waals surface area contributed by atoms with E-state index in [0.717, 1.165) is 6.42 Å². The molecule has 0 aromatic heterocycles. The van der Waals surface area contributed by atoms with Gasteiger partial charge in [0, 0.05) is 22.2 Å². The predicted octanol–water partition coefficient (Wildman–Crippen LogP) is 4.25. The molecule has 1 unspecified atom stereocenters. The van der Waals surface area contributed by atoms with Gasteiger partial charge < -0.3 is 15.0 Å². The smallest absolute Gasteiger partial charge is 0.254 e. The highest BCUT2D eigenvalue weighted by Crippen LogP contribution is 2.27. The Morgan fingerprint density at radius 1 is 1.15 bits per heavy atom. The van der Waals surface area contributed by atoms with Gasteiger partial charge in [0.05, 0.1) is 12.8 Å². The molecule has 1 N–H and O–H groups in total. The van der Waals surface area contributed by atoms with Crippen molar-refractivity contribution < 1.29 is 14.3 Å². The van der Waals surface area contributed by atoms with Crippen LogP contribution in [-0.4, -0.2) is 36.4 Å². The Bertz CT molecular complexity index is 821. The molecule has 0 spiro atoms. The minimum absolute atomic E-state index is 0.242. The zero-order valence-electron chi connectivity index (χ0n) is 14.2. The number of nitrogens with zero attached hydrogens (tertiary/aromatic N) is 1. The van der Waals surface area contributed by atoms with Gasteiger partial charge in [-0.15, -0.1) is 0 Å². The number of carbonyl (C=O) groups is 2. The van der Waals surface area contributed by atoms with Crippen molar-refractivity contribution in [1.29, 1.82) is 0 Å². The standard InChI is InChI=1S/C19H18Cl2N2O3/c1-26-17-7-3-2-5-15(17)22-18(24)16-6-4-8-23(16)19(25)12-9-13(20)11-14(21)10-12/h2-3,5,7,9-11,16H,4,6,8H2,1H3,(H,22,24). The predicted molar refractivity (Wildman–Crippen MR) is 102 cm³/mol. The summed E-state index contributed by atoms with van der Waals surface area (Å²) in [6.07, 6.45) is 1.35. The third-order valence-electron chi connectivity index (χ3n) is 4.29. The first-order chi connectivity index (χ1) is 12.5. The summed E-state index contributed by atoms with van der Waals surface area (Å²) >= 11 is 12.0. The third-order valence-corrected chi connectivity index (χ3v) is 4.73.